The Morgan fingerprint density at radius 3 is 2.26 bits per heavy atom. The fraction of sp³-hybridized carbons (Fsp3) is 0.571. The highest BCUT2D eigenvalue weighted by Gasteiger charge is 2.38. The maximum atomic E-state index is 13.3. The lowest BCUT2D eigenvalue weighted by molar-refractivity contribution is -0.140. The molecule has 1 saturated carbocycles. The van der Waals surface area contributed by atoms with Crippen molar-refractivity contribution in [1.29, 1.82) is 0 Å². The Labute approximate surface area is 109 Å². The molecule has 1 fully saturated rings. The fourth-order valence-electron chi connectivity index (χ4n) is 2.91. The van der Waals surface area contributed by atoms with Crippen molar-refractivity contribution in [2.45, 2.75) is 43.7 Å². The van der Waals surface area contributed by atoms with Gasteiger partial charge in [-0.15, -0.1) is 0 Å². The van der Waals surface area contributed by atoms with E-state index in [1.54, 1.807) is 0 Å². The van der Waals surface area contributed by atoms with Crippen LogP contribution in [0, 0.1) is 5.82 Å². The van der Waals surface area contributed by atoms with Gasteiger partial charge in [-0.1, -0.05) is 25.3 Å². The van der Waals surface area contributed by atoms with Gasteiger partial charge in [0.1, 0.15) is 5.82 Å². The van der Waals surface area contributed by atoms with Crippen LogP contribution < -0.4 is 5.73 Å². The van der Waals surface area contributed by atoms with Crippen LogP contribution >= 0.6 is 0 Å². The lowest BCUT2D eigenvalue weighted by atomic mass is 9.69. The van der Waals surface area contributed by atoms with Crippen LogP contribution in [0.15, 0.2) is 18.2 Å². The zero-order valence-electron chi connectivity index (χ0n) is 10.6. The first-order chi connectivity index (χ1) is 8.89. The monoisotopic (exact) mass is 275 g/mol. The third kappa shape index (κ3) is 2.76. The quantitative estimate of drug-likeness (QED) is 0.811. The van der Waals surface area contributed by atoms with Crippen LogP contribution in [-0.4, -0.2) is 6.54 Å². The summed E-state index contributed by atoms with van der Waals surface area (Å²) in [4.78, 5) is 0. The molecule has 0 radical (unpaired) electrons. The molecule has 0 saturated heterocycles. The summed E-state index contributed by atoms with van der Waals surface area (Å²) in [6.45, 7) is 0.302. The fourth-order valence-corrected chi connectivity index (χ4v) is 2.91. The van der Waals surface area contributed by atoms with Gasteiger partial charge in [0.25, 0.3) is 0 Å². The lowest BCUT2D eigenvalue weighted by Crippen LogP contribution is -2.37. The van der Waals surface area contributed by atoms with E-state index >= 15 is 0 Å². The van der Waals surface area contributed by atoms with Gasteiger partial charge in [0.15, 0.2) is 0 Å². The largest absolute Gasteiger partial charge is 0.419 e. The van der Waals surface area contributed by atoms with Crippen molar-refractivity contribution < 1.29 is 17.6 Å². The van der Waals surface area contributed by atoms with Gasteiger partial charge in [-0.3, -0.25) is 0 Å². The predicted octanol–water partition coefficient (Wildman–Crippen LogP) is 4.01. The van der Waals surface area contributed by atoms with Gasteiger partial charge < -0.3 is 5.73 Å². The minimum absolute atomic E-state index is 0.302. The molecule has 106 valence electrons. The van der Waals surface area contributed by atoms with E-state index in [1.165, 1.54) is 6.07 Å². The van der Waals surface area contributed by atoms with Crippen molar-refractivity contribution >= 4 is 0 Å². The van der Waals surface area contributed by atoms with Crippen LogP contribution in [0.5, 0.6) is 0 Å². The Hall–Kier alpha value is -1.10. The summed E-state index contributed by atoms with van der Waals surface area (Å²) in [5, 5.41) is 0. The average molecular weight is 275 g/mol. The van der Waals surface area contributed by atoms with Gasteiger partial charge in [0, 0.05) is 12.0 Å². The molecule has 1 aromatic rings. The summed E-state index contributed by atoms with van der Waals surface area (Å²) in [6, 6.07) is 3.29. The average Bonchev–Trinajstić information content (AvgIpc) is 2.38. The molecule has 1 nitrogen and oxygen atoms in total. The van der Waals surface area contributed by atoms with E-state index in [0.29, 0.717) is 12.1 Å². The highest BCUT2D eigenvalue weighted by molar-refractivity contribution is 5.33. The topological polar surface area (TPSA) is 26.0 Å². The molecule has 0 amide bonds. The third-order valence-electron chi connectivity index (χ3n) is 4.09. The van der Waals surface area contributed by atoms with Gasteiger partial charge in [-0.25, -0.2) is 4.39 Å². The normalized spacial score (nSPS) is 19.4. The smallest absolute Gasteiger partial charge is 0.330 e. The molecule has 2 rings (SSSR count). The van der Waals surface area contributed by atoms with Crippen LogP contribution in [0.1, 0.15) is 43.2 Å². The second-order valence-corrected chi connectivity index (χ2v) is 5.24. The Bertz CT molecular complexity index is 447. The van der Waals surface area contributed by atoms with Gasteiger partial charge in [-0.2, -0.15) is 13.2 Å². The number of nitrogens with two attached hydrogens (primary N) is 1. The number of hydrogen-bond acceptors (Lipinski definition) is 1. The molecule has 1 aromatic carbocycles. The minimum atomic E-state index is -4.66. The van der Waals surface area contributed by atoms with Crippen molar-refractivity contribution in [3.63, 3.8) is 0 Å². The van der Waals surface area contributed by atoms with Crippen LogP contribution in [0.3, 0.4) is 0 Å². The van der Waals surface area contributed by atoms with Crippen LogP contribution in [-0.2, 0) is 11.6 Å². The molecule has 2 N–H and O–H groups in total. The van der Waals surface area contributed by atoms with Crippen LogP contribution in [0.2, 0.25) is 0 Å². The maximum absolute atomic E-state index is 13.3. The van der Waals surface area contributed by atoms with E-state index in [0.717, 1.165) is 44.2 Å². The molecule has 0 bridgehead atoms. The first-order valence-corrected chi connectivity index (χ1v) is 6.46. The Morgan fingerprint density at radius 1 is 1.11 bits per heavy atom. The Morgan fingerprint density at radius 2 is 1.74 bits per heavy atom. The van der Waals surface area contributed by atoms with E-state index in [1.807, 2.05) is 0 Å². The van der Waals surface area contributed by atoms with Crippen LogP contribution in [0.4, 0.5) is 17.6 Å². The van der Waals surface area contributed by atoms with Crippen molar-refractivity contribution in [2.75, 3.05) is 6.54 Å². The van der Waals surface area contributed by atoms with E-state index in [4.69, 9.17) is 5.73 Å². The van der Waals surface area contributed by atoms with Crippen molar-refractivity contribution in [3.8, 4) is 0 Å². The van der Waals surface area contributed by atoms with Crippen molar-refractivity contribution in [2.24, 2.45) is 5.73 Å². The lowest BCUT2D eigenvalue weighted by Gasteiger charge is -2.37. The molecule has 1 aliphatic carbocycles. The van der Waals surface area contributed by atoms with Gasteiger partial charge in [0.2, 0.25) is 0 Å². The molecule has 0 atom stereocenters. The zero-order chi connectivity index (χ0) is 14.1. The molecular weight excluding hydrogens is 258 g/mol. The van der Waals surface area contributed by atoms with Gasteiger partial charge in [0.05, 0.1) is 5.56 Å². The number of hydrogen-bond donors (Lipinski definition) is 1. The SMILES string of the molecule is NCC1(c2ccc(F)c(C(F)(F)F)c2)CCCCC1. The van der Waals surface area contributed by atoms with E-state index < -0.39 is 23.0 Å². The predicted molar refractivity (Wildman–Crippen MR) is 65.2 cm³/mol. The molecule has 5 heteroatoms. The Kier molecular flexibility index (Phi) is 3.85. The highest BCUT2D eigenvalue weighted by atomic mass is 19.4. The maximum Gasteiger partial charge on any atom is 0.419 e. The molecule has 0 spiro atoms. The third-order valence-corrected chi connectivity index (χ3v) is 4.09. The molecule has 19 heavy (non-hydrogen) atoms. The molecular formula is C14H17F4N. The van der Waals surface area contributed by atoms with E-state index in [9.17, 15) is 17.6 Å². The number of rotatable bonds is 2. The van der Waals surface area contributed by atoms with Gasteiger partial charge >= 0.3 is 6.18 Å². The number of alkyl halides is 3. The van der Waals surface area contributed by atoms with E-state index in [2.05, 4.69) is 0 Å². The van der Waals surface area contributed by atoms with Gasteiger partial charge in [-0.05, 0) is 30.5 Å². The summed E-state index contributed by atoms with van der Waals surface area (Å²) >= 11 is 0. The molecule has 0 unspecified atom stereocenters. The number of halogens is 4. The van der Waals surface area contributed by atoms with E-state index in [-0.39, 0.29) is 0 Å². The van der Waals surface area contributed by atoms with Crippen LogP contribution in [0.25, 0.3) is 0 Å². The van der Waals surface area contributed by atoms with Crippen molar-refractivity contribution in [1.82, 2.24) is 0 Å². The molecule has 0 aliphatic heterocycles. The minimum Gasteiger partial charge on any atom is -0.330 e. The summed E-state index contributed by atoms with van der Waals surface area (Å²) in [6.07, 6.45) is -0.135. The summed E-state index contributed by atoms with van der Waals surface area (Å²) < 4.78 is 51.6. The molecule has 0 heterocycles. The second-order valence-electron chi connectivity index (χ2n) is 5.24. The summed E-state index contributed by atoms with van der Waals surface area (Å²) in [5.41, 5.74) is 4.69. The molecule has 0 aromatic heterocycles. The highest BCUT2D eigenvalue weighted by Crippen LogP contribution is 2.41. The first kappa shape index (κ1) is 14.3. The second kappa shape index (κ2) is 5.12. The zero-order valence-corrected chi connectivity index (χ0v) is 10.6. The number of benzene rings is 1. The molecule has 1 aliphatic rings. The summed E-state index contributed by atoms with van der Waals surface area (Å²) in [7, 11) is 0. The van der Waals surface area contributed by atoms with Crippen molar-refractivity contribution in [3.05, 3.63) is 35.1 Å². The summed E-state index contributed by atoms with van der Waals surface area (Å²) in [5.74, 6) is -1.22. The standard InChI is InChI=1S/C14H17F4N/c15-12-5-4-10(8-11(12)14(16,17)18)13(9-19)6-2-1-3-7-13/h4-5,8H,1-3,6-7,9,19H2. The Balaban J connectivity index is 2.44. The first-order valence-electron chi connectivity index (χ1n) is 6.46.